The van der Waals surface area contributed by atoms with Crippen LogP contribution in [0.3, 0.4) is 0 Å². The van der Waals surface area contributed by atoms with E-state index in [1.165, 1.54) is 34.8 Å². The standard InChI is InChI=1S/C30H27N3O3S2/c1-21-14-15-22(2)28-27(21)31-30(37-28)33(20-23-10-6-4-7-11-23)29(34)24-16-18-26(19-17-24)38(35,36)32(3)25-12-8-5-9-13-25/h4-19H,20H2,1-3H3. The van der Waals surface area contributed by atoms with Gasteiger partial charge in [-0.25, -0.2) is 13.4 Å². The van der Waals surface area contributed by atoms with Gasteiger partial charge < -0.3 is 0 Å². The molecule has 192 valence electrons. The molecule has 0 saturated heterocycles. The van der Waals surface area contributed by atoms with Crippen molar-refractivity contribution in [3.8, 4) is 0 Å². The summed E-state index contributed by atoms with van der Waals surface area (Å²) in [6.07, 6.45) is 0. The highest BCUT2D eigenvalue weighted by atomic mass is 32.2. The molecular formula is C30H27N3O3S2. The van der Waals surface area contributed by atoms with E-state index in [4.69, 9.17) is 4.98 Å². The summed E-state index contributed by atoms with van der Waals surface area (Å²) in [5.74, 6) is -0.247. The lowest BCUT2D eigenvalue weighted by atomic mass is 10.1. The summed E-state index contributed by atoms with van der Waals surface area (Å²) in [5, 5.41) is 0.603. The van der Waals surface area contributed by atoms with Crippen LogP contribution in [0.15, 0.2) is 102 Å². The zero-order valence-electron chi connectivity index (χ0n) is 21.3. The van der Waals surface area contributed by atoms with Crippen LogP contribution in [0.2, 0.25) is 0 Å². The van der Waals surface area contributed by atoms with Crippen LogP contribution in [-0.4, -0.2) is 26.4 Å². The number of amides is 1. The van der Waals surface area contributed by atoms with Crippen LogP contribution in [0.5, 0.6) is 0 Å². The number of aryl methyl sites for hydroxylation is 2. The Bertz CT molecular complexity index is 1660. The number of aromatic nitrogens is 1. The van der Waals surface area contributed by atoms with Crippen LogP contribution in [0.25, 0.3) is 10.2 Å². The fraction of sp³-hybridized carbons (Fsp3) is 0.133. The van der Waals surface area contributed by atoms with Crippen molar-refractivity contribution in [1.29, 1.82) is 0 Å². The van der Waals surface area contributed by atoms with Gasteiger partial charge in [-0.3, -0.25) is 14.0 Å². The molecule has 1 amide bonds. The van der Waals surface area contributed by atoms with Gasteiger partial charge in [-0.15, -0.1) is 0 Å². The largest absolute Gasteiger partial charge is 0.279 e. The molecule has 1 heterocycles. The SMILES string of the molecule is Cc1ccc(C)c2sc(N(Cc3ccccc3)C(=O)c3ccc(S(=O)(=O)N(C)c4ccccc4)cc3)nc12. The van der Waals surface area contributed by atoms with Crippen LogP contribution >= 0.6 is 11.3 Å². The Morgan fingerprint density at radius 1 is 0.816 bits per heavy atom. The molecule has 0 N–H and O–H groups in total. The van der Waals surface area contributed by atoms with E-state index in [0.29, 0.717) is 22.9 Å². The molecule has 38 heavy (non-hydrogen) atoms. The van der Waals surface area contributed by atoms with Crippen molar-refractivity contribution in [2.24, 2.45) is 0 Å². The van der Waals surface area contributed by atoms with Crippen molar-refractivity contribution in [1.82, 2.24) is 4.98 Å². The van der Waals surface area contributed by atoms with Crippen LogP contribution in [0, 0.1) is 13.8 Å². The molecule has 5 rings (SSSR count). The number of para-hydroxylation sites is 1. The van der Waals surface area contributed by atoms with Gasteiger partial charge in [0.1, 0.15) is 0 Å². The Morgan fingerprint density at radius 2 is 1.42 bits per heavy atom. The van der Waals surface area contributed by atoms with E-state index in [2.05, 4.69) is 6.07 Å². The highest BCUT2D eigenvalue weighted by molar-refractivity contribution is 7.92. The van der Waals surface area contributed by atoms with Crippen LogP contribution in [0.4, 0.5) is 10.8 Å². The number of fused-ring (bicyclic) bond motifs is 1. The summed E-state index contributed by atoms with van der Waals surface area (Å²) in [7, 11) is -2.27. The summed E-state index contributed by atoms with van der Waals surface area (Å²) in [6.45, 7) is 4.40. The molecule has 0 radical (unpaired) electrons. The van der Waals surface area contributed by atoms with Gasteiger partial charge in [0.15, 0.2) is 5.13 Å². The Kier molecular flexibility index (Phi) is 7.01. The van der Waals surface area contributed by atoms with Gasteiger partial charge >= 0.3 is 0 Å². The van der Waals surface area contributed by atoms with E-state index in [-0.39, 0.29) is 10.8 Å². The number of hydrogen-bond donors (Lipinski definition) is 0. The monoisotopic (exact) mass is 541 g/mol. The van der Waals surface area contributed by atoms with Gasteiger partial charge in [-0.1, -0.05) is 72.0 Å². The molecule has 0 spiro atoms. The zero-order chi connectivity index (χ0) is 26.9. The molecule has 1 aromatic heterocycles. The minimum atomic E-state index is -3.78. The number of carbonyl (C=O) groups excluding carboxylic acids is 1. The van der Waals surface area contributed by atoms with Gasteiger partial charge in [0, 0.05) is 12.6 Å². The molecule has 0 aliphatic carbocycles. The molecule has 0 atom stereocenters. The predicted molar refractivity (Wildman–Crippen MR) is 155 cm³/mol. The first kappa shape index (κ1) is 25.6. The Labute approximate surface area is 226 Å². The lowest BCUT2D eigenvalue weighted by Gasteiger charge is -2.21. The smallest absolute Gasteiger partial charge is 0.264 e. The Balaban J connectivity index is 1.50. The minimum Gasteiger partial charge on any atom is -0.279 e. The maximum Gasteiger partial charge on any atom is 0.264 e. The van der Waals surface area contributed by atoms with E-state index in [1.807, 2.05) is 56.3 Å². The summed E-state index contributed by atoms with van der Waals surface area (Å²) in [6, 6.07) is 28.8. The van der Waals surface area contributed by atoms with Gasteiger partial charge in [0.05, 0.1) is 27.3 Å². The lowest BCUT2D eigenvalue weighted by molar-refractivity contribution is 0.0985. The molecule has 6 nitrogen and oxygen atoms in total. The molecule has 0 saturated carbocycles. The highest BCUT2D eigenvalue weighted by Gasteiger charge is 2.25. The first-order valence-electron chi connectivity index (χ1n) is 12.1. The third kappa shape index (κ3) is 4.92. The van der Waals surface area contributed by atoms with Crippen LogP contribution in [-0.2, 0) is 16.6 Å². The van der Waals surface area contributed by atoms with Crippen molar-refractivity contribution in [3.05, 3.63) is 119 Å². The Morgan fingerprint density at radius 3 is 2.05 bits per heavy atom. The van der Waals surface area contributed by atoms with Gasteiger partial charge in [-0.2, -0.15) is 0 Å². The third-order valence-corrected chi connectivity index (χ3v) is 9.48. The predicted octanol–water partition coefficient (Wildman–Crippen LogP) is 6.59. The molecule has 0 aliphatic rings. The fourth-order valence-corrected chi connectivity index (χ4v) is 6.52. The van der Waals surface area contributed by atoms with Crippen molar-refractivity contribution < 1.29 is 13.2 Å². The molecule has 4 aromatic carbocycles. The third-order valence-electron chi connectivity index (χ3n) is 6.47. The van der Waals surface area contributed by atoms with Crippen molar-refractivity contribution in [2.45, 2.75) is 25.3 Å². The number of thiazole rings is 1. The number of sulfonamides is 1. The van der Waals surface area contributed by atoms with Gasteiger partial charge in [-0.05, 0) is 66.9 Å². The van der Waals surface area contributed by atoms with E-state index in [9.17, 15) is 13.2 Å². The average Bonchev–Trinajstić information content (AvgIpc) is 3.41. The van der Waals surface area contributed by atoms with Crippen molar-refractivity contribution in [2.75, 3.05) is 16.3 Å². The van der Waals surface area contributed by atoms with Gasteiger partial charge in [0.2, 0.25) is 0 Å². The maximum absolute atomic E-state index is 13.8. The molecule has 8 heteroatoms. The Hall–Kier alpha value is -4.01. The second-order valence-electron chi connectivity index (χ2n) is 9.08. The molecule has 5 aromatic rings. The summed E-state index contributed by atoms with van der Waals surface area (Å²) in [4.78, 5) is 20.5. The molecule has 0 fully saturated rings. The highest BCUT2D eigenvalue weighted by Crippen LogP contribution is 2.34. The summed E-state index contributed by atoms with van der Waals surface area (Å²) >= 11 is 1.49. The minimum absolute atomic E-state index is 0.112. The van der Waals surface area contributed by atoms with E-state index in [1.54, 1.807) is 41.3 Å². The number of hydrogen-bond acceptors (Lipinski definition) is 5. The normalized spacial score (nSPS) is 11.4. The van der Waals surface area contributed by atoms with E-state index >= 15 is 0 Å². The average molecular weight is 542 g/mol. The number of nitrogens with zero attached hydrogens (tertiary/aromatic N) is 3. The first-order chi connectivity index (χ1) is 18.3. The van der Waals surface area contributed by atoms with Crippen molar-refractivity contribution >= 4 is 48.3 Å². The maximum atomic E-state index is 13.8. The second-order valence-corrected chi connectivity index (χ2v) is 12.0. The number of carbonyl (C=O) groups is 1. The quantitative estimate of drug-likeness (QED) is 0.233. The second kappa shape index (κ2) is 10.4. The summed E-state index contributed by atoms with van der Waals surface area (Å²) < 4.78 is 28.7. The number of benzene rings is 4. The first-order valence-corrected chi connectivity index (χ1v) is 14.4. The van der Waals surface area contributed by atoms with Gasteiger partial charge in [0.25, 0.3) is 15.9 Å². The van der Waals surface area contributed by atoms with Crippen LogP contribution in [0.1, 0.15) is 27.0 Å². The molecule has 0 aliphatic heterocycles. The number of rotatable bonds is 7. The van der Waals surface area contributed by atoms with Crippen LogP contribution < -0.4 is 9.21 Å². The number of anilines is 2. The molecule has 0 bridgehead atoms. The van der Waals surface area contributed by atoms with E-state index < -0.39 is 10.0 Å². The van der Waals surface area contributed by atoms with E-state index in [0.717, 1.165) is 26.9 Å². The fourth-order valence-electron chi connectivity index (χ4n) is 4.22. The topological polar surface area (TPSA) is 70.6 Å². The molecule has 0 unspecified atom stereocenters. The lowest BCUT2D eigenvalue weighted by Crippen LogP contribution is -2.30. The zero-order valence-corrected chi connectivity index (χ0v) is 23.0. The van der Waals surface area contributed by atoms with Crippen molar-refractivity contribution in [3.63, 3.8) is 0 Å². The molecular weight excluding hydrogens is 514 g/mol. The summed E-state index contributed by atoms with van der Waals surface area (Å²) in [5.41, 5.74) is 4.97.